The number of benzene rings is 1. The van der Waals surface area contributed by atoms with Gasteiger partial charge in [-0.2, -0.15) is 5.01 Å². The van der Waals surface area contributed by atoms with E-state index in [9.17, 15) is 14.4 Å². The van der Waals surface area contributed by atoms with Gasteiger partial charge < -0.3 is 4.74 Å². The van der Waals surface area contributed by atoms with Crippen molar-refractivity contribution in [1.82, 2.24) is 10.4 Å². The molecule has 1 aromatic rings. The van der Waals surface area contributed by atoms with Crippen LogP contribution in [0.4, 0.5) is 0 Å². The summed E-state index contributed by atoms with van der Waals surface area (Å²) in [5.41, 5.74) is 2.78. The maximum atomic E-state index is 12.4. The van der Waals surface area contributed by atoms with Gasteiger partial charge >= 0.3 is 0 Å². The fourth-order valence-electron chi connectivity index (χ4n) is 3.21. The zero-order chi connectivity index (χ0) is 15.4. The second-order valence-electron chi connectivity index (χ2n) is 5.46. The average molecular weight is 363 g/mol. The molecule has 4 atom stereocenters. The largest absolute Gasteiger partial charge is 0.365 e. The van der Waals surface area contributed by atoms with E-state index in [4.69, 9.17) is 4.74 Å². The van der Waals surface area contributed by atoms with Gasteiger partial charge in [-0.3, -0.25) is 19.8 Å². The molecule has 0 aromatic heterocycles. The number of imide groups is 1. The summed E-state index contributed by atoms with van der Waals surface area (Å²) in [4.78, 5) is 37.0. The molecule has 3 heterocycles. The third kappa shape index (κ3) is 1.85. The van der Waals surface area contributed by atoms with Gasteiger partial charge in [0.25, 0.3) is 17.7 Å². The fraction of sp³-hybridized carbons (Fsp3) is 0.267. The van der Waals surface area contributed by atoms with Gasteiger partial charge in [0.05, 0.1) is 24.0 Å². The van der Waals surface area contributed by atoms with E-state index in [2.05, 4.69) is 21.4 Å². The Labute approximate surface area is 134 Å². The highest BCUT2D eigenvalue weighted by molar-refractivity contribution is 9.10. The summed E-state index contributed by atoms with van der Waals surface area (Å²) < 4.78 is 6.28. The number of nitrogens with zero attached hydrogens (tertiary/aromatic N) is 1. The zero-order valence-electron chi connectivity index (χ0n) is 11.2. The van der Waals surface area contributed by atoms with Gasteiger partial charge in [-0.1, -0.05) is 34.1 Å². The first kappa shape index (κ1) is 13.7. The Balaban J connectivity index is 1.56. The lowest BCUT2D eigenvalue weighted by Gasteiger charge is -2.18. The number of hydrogen-bond donors (Lipinski definition) is 1. The highest BCUT2D eigenvalue weighted by Crippen LogP contribution is 2.44. The van der Waals surface area contributed by atoms with Crippen LogP contribution in [0.15, 0.2) is 40.9 Å². The molecule has 0 unspecified atom stereocenters. The maximum absolute atomic E-state index is 12.4. The topological polar surface area (TPSA) is 75.7 Å². The van der Waals surface area contributed by atoms with Crippen LogP contribution >= 0.6 is 15.9 Å². The van der Waals surface area contributed by atoms with Crippen LogP contribution in [0.5, 0.6) is 0 Å². The van der Waals surface area contributed by atoms with Crippen molar-refractivity contribution >= 4 is 33.7 Å². The highest BCUT2D eigenvalue weighted by Gasteiger charge is 2.61. The number of amides is 3. The van der Waals surface area contributed by atoms with Crippen LogP contribution in [0.1, 0.15) is 10.4 Å². The Morgan fingerprint density at radius 3 is 2.36 bits per heavy atom. The number of halogens is 1. The molecule has 0 aliphatic carbocycles. The molecule has 7 heteroatoms. The number of carbonyl (C=O) groups is 3. The number of hydrogen-bond acceptors (Lipinski definition) is 4. The van der Waals surface area contributed by atoms with E-state index in [0.717, 1.165) is 9.48 Å². The van der Waals surface area contributed by atoms with E-state index in [1.807, 2.05) is 0 Å². The van der Waals surface area contributed by atoms with Gasteiger partial charge in [-0.05, 0) is 18.2 Å². The predicted molar refractivity (Wildman–Crippen MR) is 78.2 cm³/mol. The maximum Gasteiger partial charge on any atom is 0.270 e. The predicted octanol–water partition coefficient (Wildman–Crippen LogP) is 1.03. The number of rotatable bonds is 2. The monoisotopic (exact) mass is 362 g/mol. The van der Waals surface area contributed by atoms with Crippen LogP contribution in [0.25, 0.3) is 0 Å². The van der Waals surface area contributed by atoms with Crippen molar-refractivity contribution in [3.63, 3.8) is 0 Å². The first-order valence-electron chi connectivity index (χ1n) is 6.84. The van der Waals surface area contributed by atoms with Crippen molar-refractivity contribution in [3.05, 3.63) is 46.5 Å². The van der Waals surface area contributed by atoms with E-state index < -0.39 is 29.6 Å². The fourth-order valence-corrected chi connectivity index (χ4v) is 3.61. The van der Waals surface area contributed by atoms with Gasteiger partial charge in [0, 0.05) is 10.0 Å². The zero-order valence-corrected chi connectivity index (χ0v) is 12.8. The molecule has 3 aliphatic rings. The SMILES string of the molecule is O=C(NN1C(=O)[C@@H]2[C@H](C1=O)[C@H]1C=C[C@@H]2O1)c1cccc(Br)c1. The second kappa shape index (κ2) is 4.76. The molecule has 1 aromatic carbocycles. The molecule has 6 nitrogen and oxygen atoms in total. The van der Waals surface area contributed by atoms with Gasteiger partial charge in [0.15, 0.2) is 0 Å². The quantitative estimate of drug-likeness (QED) is 0.629. The minimum atomic E-state index is -0.523. The minimum absolute atomic E-state index is 0.362. The summed E-state index contributed by atoms with van der Waals surface area (Å²) in [5, 5.41) is 0.841. The summed E-state index contributed by atoms with van der Waals surface area (Å²) >= 11 is 3.28. The van der Waals surface area contributed by atoms with E-state index >= 15 is 0 Å². The Morgan fingerprint density at radius 1 is 1.14 bits per heavy atom. The summed E-state index contributed by atoms with van der Waals surface area (Å²) in [7, 11) is 0. The van der Waals surface area contributed by atoms with Crippen molar-refractivity contribution in [3.8, 4) is 0 Å². The van der Waals surface area contributed by atoms with Crippen LogP contribution in [-0.2, 0) is 14.3 Å². The molecule has 0 spiro atoms. The van der Waals surface area contributed by atoms with E-state index in [-0.39, 0.29) is 12.2 Å². The molecule has 4 rings (SSSR count). The van der Waals surface area contributed by atoms with Gasteiger partial charge in [-0.15, -0.1) is 0 Å². The van der Waals surface area contributed by atoms with Crippen molar-refractivity contribution in [2.75, 3.05) is 0 Å². The molecular weight excluding hydrogens is 352 g/mol. The molecule has 0 saturated carbocycles. The van der Waals surface area contributed by atoms with Crippen LogP contribution in [-0.4, -0.2) is 34.9 Å². The summed E-state index contributed by atoms with van der Waals surface area (Å²) in [5.74, 6) is -2.36. The summed E-state index contributed by atoms with van der Waals surface area (Å²) in [6.07, 6.45) is 2.88. The summed E-state index contributed by atoms with van der Waals surface area (Å²) in [6.45, 7) is 0. The van der Waals surface area contributed by atoms with Crippen LogP contribution in [0.3, 0.4) is 0 Å². The standard InChI is InChI=1S/C15H11BrN2O4/c16-8-3-1-2-7(6-8)13(19)17-18-14(20)11-9-4-5-10(22-9)12(11)15(18)21/h1-6,9-12H,(H,17,19)/t9-,10+,11-,12+. The molecule has 1 N–H and O–H groups in total. The number of fused-ring (bicyclic) bond motifs is 5. The van der Waals surface area contributed by atoms with E-state index in [1.165, 1.54) is 0 Å². The Hall–Kier alpha value is -1.99. The smallest absolute Gasteiger partial charge is 0.270 e. The molecule has 2 saturated heterocycles. The number of carbonyl (C=O) groups excluding carboxylic acids is 3. The lowest BCUT2D eigenvalue weighted by atomic mass is 9.85. The Morgan fingerprint density at radius 2 is 1.77 bits per heavy atom. The van der Waals surface area contributed by atoms with Crippen LogP contribution < -0.4 is 5.43 Å². The van der Waals surface area contributed by atoms with Gasteiger partial charge in [0.1, 0.15) is 0 Å². The van der Waals surface area contributed by atoms with Gasteiger partial charge in [0.2, 0.25) is 0 Å². The van der Waals surface area contributed by atoms with Crippen molar-refractivity contribution in [2.45, 2.75) is 12.2 Å². The molecule has 0 radical (unpaired) electrons. The van der Waals surface area contributed by atoms with E-state index in [0.29, 0.717) is 5.56 Å². The van der Waals surface area contributed by atoms with Gasteiger partial charge in [-0.25, -0.2) is 0 Å². The van der Waals surface area contributed by atoms with Crippen LogP contribution in [0.2, 0.25) is 0 Å². The lowest BCUT2D eigenvalue weighted by Crippen LogP contribution is -2.47. The number of ether oxygens (including phenoxy) is 1. The molecule has 3 amide bonds. The third-order valence-electron chi connectivity index (χ3n) is 4.21. The van der Waals surface area contributed by atoms with Crippen LogP contribution in [0, 0.1) is 11.8 Å². The second-order valence-corrected chi connectivity index (χ2v) is 6.38. The third-order valence-corrected chi connectivity index (χ3v) is 4.70. The highest BCUT2D eigenvalue weighted by atomic mass is 79.9. The number of hydrazine groups is 1. The molecule has 2 bridgehead atoms. The average Bonchev–Trinajstić information content (AvgIpc) is 3.17. The summed E-state index contributed by atoms with van der Waals surface area (Å²) in [6, 6.07) is 6.73. The molecule has 2 fully saturated rings. The first-order valence-corrected chi connectivity index (χ1v) is 7.64. The first-order chi connectivity index (χ1) is 10.6. The van der Waals surface area contributed by atoms with Crippen molar-refractivity contribution in [1.29, 1.82) is 0 Å². The molecular formula is C15H11BrN2O4. The molecule has 3 aliphatic heterocycles. The van der Waals surface area contributed by atoms with Crippen molar-refractivity contribution < 1.29 is 19.1 Å². The van der Waals surface area contributed by atoms with E-state index in [1.54, 1.807) is 36.4 Å². The number of nitrogens with one attached hydrogen (secondary N) is 1. The van der Waals surface area contributed by atoms with Crippen molar-refractivity contribution in [2.24, 2.45) is 11.8 Å². The molecule has 112 valence electrons. The Bertz CT molecular complexity index is 702. The minimum Gasteiger partial charge on any atom is -0.365 e. The molecule has 22 heavy (non-hydrogen) atoms. The lowest BCUT2D eigenvalue weighted by molar-refractivity contribution is -0.145. The normalized spacial score (nSPS) is 31.8. The Kier molecular flexibility index (Phi) is 2.95.